The molecule has 4 nitrogen and oxygen atoms in total. The molecule has 1 amide bonds. The van der Waals surface area contributed by atoms with E-state index in [-0.39, 0.29) is 6.61 Å². The van der Waals surface area contributed by atoms with Crippen LogP contribution in [0.1, 0.15) is 22.7 Å². The van der Waals surface area contributed by atoms with Crippen molar-refractivity contribution < 1.29 is 9.53 Å². The number of hydrogen-bond acceptors (Lipinski definition) is 3. The fourth-order valence-corrected chi connectivity index (χ4v) is 1.92. The fraction of sp³-hybridized carbons (Fsp3) is 0.176. The largest absolute Gasteiger partial charge is 0.445 e. The molecular formula is C17H16N2O2. The van der Waals surface area contributed by atoms with Gasteiger partial charge in [-0.2, -0.15) is 5.26 Å². The van der Waals surface area contributed by atoms with Crippen molar-refractivity contribution in [3.8, 4) is 6.07 Å². The van der Waals surface area contributed by atoms with E-state index >= 15 is 0 Å². The second-order valence-corrected chi connectivity index (χ2v) is 4.68. The van der Waals surface area contributed by atoms with Crippen LogP contribution in [0.4, 0.5) is 4.79 Å². The third-order valence-corrected chi connectivity index (χ3v) is 2.98. The smallest absolute Gasteiger partial charge is 0.408 e. The molecule has 1 atom stereocenters. The van der Waals surface area contributed by atoms with E-state index in [1.54, 1.807) is 6.07 Å². The third kappa shape index (κ3) is 4.36. The molecule has 0 saturated heterocycles. The number of alkyl carbamates (subject to hydrolysis) is 1. The highest BCUT2D eigenvalue weighted by Gasteiger charge is 2.14. The maximum absolute atomic E-state index is 11.8. The molecule has 2 aromatic rings. The number of hydrogen-bond donors (Lipinski definition) is 1. The highest BCUT2D eigenvalue weighted by atomic mass is 16.5. The van der Waals surface area contributed by atoms with Gasteiger partial charge >= 0.3 is 6.09 Å². The van der Waals surface area contributed by atoms with E-state index in [2.05, 4.69) is 11.4 Å². The molecule has 0 aliphatic rings. The molecule has 0 spiro atoms. The van der Waals surface area contributed by atoms with Crippen molar-refractivity contribution >= 4 is 6.09 Å². The fourth-order valence-electron chi connectivity index (χ4n) is 1.92. The Bertz CT molecular complexity index is 647. The first-order valence-corrected chi connectivity index (χ1v) is 6.62. The second kappa shape index (κ2) is 7.11. The minimum absolute atomic E-state index is 0.179. The summed E-state index contributed by atoms with van der Waals surface area (Å²) in [6.07, 6.45) is -0.605. The van der Waals surface area contributed by atoms with Crippen molar-refractivity contribution in [3.05, 3.63) is 71.3 Å². The number of amides is 1. The van der Waals surface area contributed by atoms with Gasteiger partial charge in [-0.25, -0.2) is 4.79 Å². The standard InChI is InChI=1S/C17H16N2O2/c1-13-6-5-9-15(10-13)16(11-18)19-17(20)21-12-14-7-3-2-4-8-14/h2-10,16H,12H2,1H3,(H,19,20)/t16-/m0/s1. The lowest BCUT2D eigenvalue weighted by molar-refractivity contribution is 0.137. The van der Waals surface area contributed by atoms with Gasteiger partial charge in [0.15, 0.2) is 0 Å². The summed E-state index contributed by atoms with van der Waals surface area (Å²) in [5.41, 5.74) is 2.68. The predicted molar refractivity (Wildman–Crippen MR) is 79.3 cm³/mol. The maximum atomic E-state index is 11.8. The van der Waals surface area contributed by atoms with Crippen molar-refractivity contribution in [1.82, 2.24) is 5.32 Å². The van der Waals surface area contributed by atoms with Gasteiger partial charge in [0.25, 0.3) is 0 Å². The lowest BCUT2D eigenvalue weighted by Gasteiger charge is -2.13. The summed E-state index contributed by atoms with van der Waals surface area (Å²) in [5, 5.41) is 11.7. The molecule has 0 aromatic heterocycles. The Morgan fingerprint density at radius 1 is 1.24 bits per heavy atom. The van der Waals surface area contributed by atoms with Crippen molar-refractivity contribution in [3.63, 3.8) is 0 Å². The quantitative estimate of drug-likeness (QED) is 0.932. The zero-order valence-corrected chi connectivity index (χ0v) is 11.7. The zero-order valence-electron chi connectivity index (χ0n) is 11.7. The summed E-state index contributed by atoms with van der Waals surface area (Å²) in [6.45, 7) is 2.12. The summed E-state index contributed by atoms with van der Waals surface area (Å²) >= 11 is 0. The average molecular weight is 280 g/mol. The number of nitrogens with zero attached hydrogens (tertiary/aromatic N) is 1. The van der Waals surface area contributed by atoms with E-state index in [0.717, 1.165) is 16.7 Å². The molecule has 2 rings (SSSR count). The van der Waals surface area contributed by atoms with E-state index < -0.39 is 12.1 Å². The van der Waals surface area contributed by atoms with Crippen LogP contribution >= 0.6 is 0 Å². The van der Waals surface area contributed by atoms with Crippen LogP contribution in [0.3, 0.4) is 0 Å². The van der Waals surface area contributed by atoms with Gasteiger partial charge in [-0.05, 0) is 18.1 Å². The molecule has 0 aliphatic carbocycles. The normalized spacial score (nSPS) is 11.2. The van der Waals surface area contributed by atoms with E-state index in [1.807, 2.05) is 55.5 Å². The van der Waals surface area contributed by atoms with Crippen LogP contribution in [0.15, 0.2) is 54.6 Å². The van der Waals surface area contributed by atoms with Crippen molar-refractivity contribution in [2.75, 3.05) is 0 Å². The molecule has 0 heterocycles. The van der Waals surface area contributed by atoms with Crippen molar-refractivity contribution in [2.45, 2.75) is 19.6 Å². The number of aryl methyl sites for hydroxylation is 1. The molecular weight excluding hydrogens is 264 g/mol. The van der Waals surface area contributed by atoms with Gasteiger partial charge in [0.05, 0.1) is 6.07 Å². The Morgan fingerprint density at radius 2 is 2.00 bits per heavy atom. The minimum Gasteiger partial charge on any atom is -0.445 e. The number of nitriles is 1. The first kappa shape index (κ1) is 14.6. The first-order valence-electron chi connectivity index (χ1n) is 6.62. The van der Waals surface area contributed by atoms with E-state index in [9.17, 15) is 10.1 Å². The van der Waals surface area contributed by atoms with Crippen LogP contribution in [0.5, 0.6) is 0 Å². The summed E-state index contributed by atoms with van der Waals surface area (Å²) in [5.74, 6) is 0. The molecule has 0 saturated carbocycles. The first-order chi connectivity index (χ1) is 10.2. The lowest BCUT2D eigenvalue weighted by Crippen LogP contribution is -2.28. The van der Waals surface area contributed by atoms with E-state index in [0.29, 0.717) is 0 Å². The van der Waals surface area contributed by atoms with Gasteiger partial charge in [-0.1, -0.05) is 60.2 Å². The number of rotatable bonds is 4. The predicted octanol–water partition coefficient (Wildman–Crippen LogP) is 3.49. The molecule has 0 fully saturated rings. The summed E-state index contributed by atoms with van der Waals surface area (Å²) in [4.78, 5) is 11.8. The average Bonchev–Trinajstić information content (AvgIpc) is 2.51. The van der Waals surface area contributed by atoms with Gasteiger partial charge in [-0.3, -0.25) is 0 Å². The minimum atomic E-state index is -0.715. The second-order valence-electron chi connectivity index (χ2n) is 4.68. The SMILES string of the molecule is Cc1cccc([C@H](C#N)NC(=O)OCc2ccccc2)c1. The monoisotopic (exact) mass is 280 g/mol. The zero-order chi connectivity index (χ0) is 15.1. The Kier molecular flexibility index (Phi) is 4.94. The van der Waals surface area contributed by atoms with Gasteiger partial charge in [0.1, 0.15) is 12.6 Å². The molecule has 0 aliphatic heterocycles. The van der Waals surface area contributed by atoms with Gasteiger partial charge in [0.2, 0.25) is 0 Å². The Labute approximate surface area is 124 Å². The number of carbonyl (C=O) groups is 1. The highest BCUT2D eigenvalue weighted by molar-refractivity contribution is 5.68. The molecule has 0 bridgehead atoms. The number of nitrogens with one attached hydrogen (secondary N) is 1. The molecule has 21 heavy (non-hydrogen) atoms. The van der Waals surface area contributed by atoms with Crippen molar-refractivity contribution in [1.29, 1.82) is 5.26 Å². The van der Waals surface area contributed by atoms with Gasteiger partial charge < -0.3 is 10.1 Å². The number of carbonyl (C=O) groups excluding carboxylic acids is 1. The van der Waals surface area contributed by atoms with Crippen LogP contribution in [0.2, 0.25) is 0 Å². The van der Waals surface area contributed by atoms with Gasteiger partial charge in [-0.15, -0.1) is 0 Å². The molecule has 0 radical (unpaired) electrons. The molecule has 106 valence electrons. The van der Waals surface area contributed by atoms with Crippen LogP contribution < -0.4 is 5.32 Å². The molecule has 0 unspecified atom stereocenters. The van der Waals surface area contributed by atoms with Gasteiger partial charge in [0, 0.05) is 0 Å². The summed E-state index contributed by atoms with van der Waals surface area (Å²) < 4.78 is 5.11. The number of benzene rings is 2. The van der Waals surface area contributed by atoms with Crippen LogP contribution in [-0.2, 0) is 11.3 Å². The Hall–Kier alpha value is -2.80. The number of ether oxygens (including phenoxy) is 1. The molecule has 4 heteroatoms. The van der Waals surface area contributed by atoms with E-state index in [1.165, 1.54) is 0 Å². The van der Waals surface area contributed by atoms with Crippen LogP contribution in [-0.4, -0.2) is 6.09 Å². The van der Waals surface area contributed by atoms with Crippen LogP contribution in [0, 0.1) is 18.3 Å². The molecule has 1 N–H and O–H groups in total. The topological polar surface area (TPSA) is 62.1 Å². The summed E-state index contributed by atoms with van der Waals surface area (Å²) in [6, 6.07) is 18.2. The Balaban J connectivity index is 1.93. The van der Waals surface area contributed by atoms with Crippen LogP contribution in [0.25, 0.3) is 0 Å². The molecule has 2 aromatic carbocycles. The Morgan fingerprint density at radius 3 is 2.67 bits per heavy atom. The van der Waals surface area contributed by atoms with E-state index in [4.69, 9.17) is 4.74 Å². The summed E-state index contributed by atoms with van der Waals surface area (Å²) in [7, 11) is 0. The van der Waals surface area contributed by atoms with Crippen molar-refractivity contribution in [2.24, 2.45) is 0 Å². The third-order valence-electron chi connectivity index (χ3n) is 2.98. The maximum Gasteiger partial charge on any atom is 0.408 e. The highest BCUT2D eigenvalue weighted by Crippen LogP contribution is 2.14. The lowest BCUT2D eigenvalue weighted by atomic mass is 10.1.